The van der Waals surface area contributed by atoms with Crippen LogP contribution in [0.1, 0.15) is 31.7 Å². The zero-order chi connectivity index (χ0) is 13.8. The molecule has 5 heteroatoms. The van der Waals surface area contributed by atoms with Crippen LogP contribution in [0, 0.1) is 0 Å². The van der Waals surface area contributed by atoms with E-state index in [2.05, 4.69) is 0 Å². The summed E-state index contributed by atoms with van der Waals surface area (Å²) in [6.07, 6.45) is 0.693. The van der Waals surface area contributed by atoms with E-state index in [1.54, 1.807) is 18.2 Å². The molecule has 18 heavy (non-hydrogen) atoms. The molecular weight excluding hydrogens is 256 g/mol. The number of benzene rings is 1. The van der Waals surface area contributed by atoms with Gasteiger partial charge in [-0.1, -0.05) is 31.0 Å². The van der Waals surface area contributed by atoms with Gasteiger partial charge >= 0.3 is 5.97 Å². The third kappa shape index (κ3) is 3.37. The Morgan fingerprint density at radius 1 is 1.50 bits per heavy atom. The molecule has 0 heterocycles. The molecule has 0 aliphatic carbocycles. The highest BCUT2D eigenvalue weighted by atomic mass is 35.5. The first kappa shape index (κ1) is 14.8. The maximum absolute atomic E-state index is 10.9. The molecule has 0 bridgehead atoms. The summed E-state index contributed by atoms with van der Waals surface area (Å²) in [5.41, 5.74) is -0.895. The van der Waals surface area contributed by atoms with Crippen molar-refractivity contribution in [2.75, 3.05) is 7.11 Å². The van der Waals surface area contributed by atoms with Crippen LogP contribution in [0.25, 0.3) is 0 Å². The van der Waals surface area contributed by atoms with Gasteiger partial charge in [-0.2, -0.15) is 0 Å². The number of carbonyl (C=O) groups is 1. The van der Waals surface area contributed by atoms with Crippen LogP contribution in [0.5, 0.6) is 5.75 Å². The quantitative estimate of drug-likeness (QED) is 0.836. The van der Waals surface area contributed by atoms with E-state index < -0.39 is 11.6 Å². The molecule has 2 N–H and O–H groups in total. The minimum Gasteiger partial charge on any atom is -0.495 e. The molecule has 100 valence electrons. The van der Waals surface area contributed by atoms with Crippen LogP contribution in [-0.2, 0) is 10.4 Å². The van der Waals surface area contributed by atoms with Crippen molar-refractivity contribution < 1.29 is 19.7 Å². The van der Waals surface area contributed by atoms with Crippen LogP contribution in [0.15, 0.2) is 18.2 Å². The van der Waals surface area contributed by atoms with Gasteiger partial charge in [-0.15, -0.1) is 0 Å². The number of carboxylic acids is 1. The van der Waals surface area contributed by atoms with Crippen molar-refractivity contribution in [3.63, 3.8) is 0 Å². The zero-order valence-electron chi connectivity index (χ0n) is 10.4. The zero-order valence-corrected chi connectivity index (χ0v) is 11.2. The molecule has 0 fully saturated rings. The summed E-state index contributed by atoms with van der Waals surface area (Å²) < 4.78 is 5.02. The molecule has 1 rings (SSSR count). The van der Waals surface area contributed by atoms with Crippen molar-refractivity contribution in [1.82, 2.24) is 0 Å². The van der Waals surface area contributed by atoms with Crippen molar-refractivity contribution in [2.45, 2.75) is 31.8 Å². The molecule has 1 aromatic carbocycles. The number of aliphatic hydroxyl groups is 1. The standard InChI is InChI=1S/C13H17ClO4/c1-3-6-13(17,8-12(15)16)9-4-5-11(18-2)10(14)7-9/h4-5,7,17H,3,6,8H2,1-2H3,(H,15,16). The summed E-state index contributed by atoms with van der Waals surface area (Å²) in [5.74, 6) is -0.549. The Labute approximate surface area is 111 Å². The van der Waals surface area contributed by atoms with Crippen LogP contribution < -0.4 is 4.74 Å². The number of rotatable bonds is 6. The molecule has 0 saturated heterocycles. The summed E-state index contributed by atoms with van der Waals surface area (Å²) in [6, 6.07) is 4.82. The minimum absolute atomic E-state index is 0.344. The summed E-state index contributed by atoms with van der Waals surface area (Å²) >= 11 is 5.99. The largest absolute Gasteiger partial charge is 0.495 e. The third-order valence-electron chi connectivity index (χ3n) is 2.80. The van der Waals surface area contributed by atoms with E-state index in [4.69, 9.17) is 21.4 Å². The lowest BCUT2D eigenvalue weighted by atomic mass is 9.86. The molecule has 4 nitrogen and oxygen atoms in total. The van der Waals surface area contributed by atoms with Gasteiger partial charge in [0, 0.05) is 0 Å². The Morgan fingerprint density at radius 3 is 2.61 bits per heavy atom. The van der Waals surface area contributed by atoms with Crippen molar-refractivity contribution in [3.05, 3.63) is 28.8 Å². The van der Waals surface area contributed by atoms with Gasteiger partial charge in [0.1, 0.15) is 11.4 Å². The van der Waals surface area contributed by atoms with Crippen LogP contribution >= 0.6 is 11.6 Å². The highest BCUT2D eigenvalue weighted by Gasteiger charge is 2.31. The lowest BCUT2D eigenvalue weighted by molar-refractivity contribution is -0.143. The van der Waals surface area contributed by atoms with Crippen molar-refractivity contribution in [1.29, 1.82) is 0 Å². The first-order valence-corrected chi connectivity index (χ1v) is 6.09. The van der Waals surface area contributed by atoms with E-state index in [-0.39, 0.29) is 6.42 Å². The van der Waals surface area contributed by atoms with E-state index >= 15 is 0 Å². The summed E-state index contributed by atoms with van der Waals surface area (Å²) in [7, 11) is 1.50. The van der Waals surface area contributed by atoms with Crippen molar-refractivity contribution in [2.24, 2.45) is 0 Å². The average Bonchev–Trinajstić information content (AvgIpc) is 2.28. The van der Waals surface area contributed by atoms with Gasteiger partial charge in [0.15, 0.2) is 0 Å². The third-order valence-corrected chi connectivity index (χ3v) is 3.09. The maximum atomic E-state index is 10.9. The molecule has 0 amide bonds. The number of halogens is 1. The summed E-state index contributed by atoms with van der Waals surface area (Å²) in [6.45, 7) is 1.89. The van der Waals surface area contributed by atoms with E-state index in [1.165, 1.54) is 7.11 Å². The van der Waals surface area contributed by atoms with Crippen molar-refractivity contribution >= 4 is 17.6 Å². The molecule has 0 saturated carbocycles. The number of hydrogen-bond acceptors (Lipinski definition) is 3. The fourth-order valence-electron chi connectivity index (χ4n) is 1.95. The van der Waals surface area contributed by atoms with Gasteiger partial charge in [0.25, 0.3) is 0 Å². The SMILES string of the molecule is CCCC(O)(CC(=O)O)c1ccc(OC)c(Cl)c1. The fourth-order valence-corrected chi connectivity index (χ4v) is 2.21. The topological polar surface area (TPSA) is 66.8 Å². The summed E-state index contributed by atoms with van der Waals surface area (Å²) in [4.78, 5) is 10.9. The number of aliphatic carboxylic acids is 1. The van der Waals surface area contributed by atoms with Gasteiger partial charge in [0.2, 0.25) is 0 Å². The molecular formula is C13H17ClO4. The number of methoxy groups -OCH3 is 1. The normalized spacial score (nSPS) is 14.0. The van der Waals surface area contributed by atoms with Gasteiger partial charge in [-0.3, -0.25) is 4.79 Å². The predicted octanol–water partition coefficient (Wildman–Crippen LogP) is 2.81. The van der Waals surface area contributed by atoms with Crippen LogP contribution in [0.3, 0.4) is 0 Å². The maximum Gasteiger partial charge on any atom is 0.306 e. The van der Waals surface area contributed by atoms with Gasteiger partial charge in [-0.05, 0) is 24.1 Å². The lowest BCUT2D eigenvalue weighted by Gasteiger charge is -2.27. The average molecular weight is 273 g/mol. The molecule has 0 radical (unpaired) electrons. The van der Waals surface area contributed by atoms with Crippen LogP contribution in [-0.4, -0.2) is 23.3 Å². The second kappa shape index (κ2) is 6.07. The highest BCUT2D eigenvalue weighted by molar-refractivity contribution is 6.32. The molecule has 0 aliphatic heterocycles. The van der Waals surface area contributed by atoms with Crippen LogP contribution in [0.2, 0.25) is 5.02 Å². The number of ether oxygens (including phenoxy) is 1. The van der Waals surface area contributed by atoms with Crippen molar-refractivity contribution in [3.8, 4) is 5.75 Å². The lowest BCUT2D eigenvalue weighted by Crippen LogP contribution is -2.29. The number of carboxylic acid groups (broad SMARTS) is 1. The van der Waals surface area contributed by atoms with Gasteiger partial charge in [-0.25, -0.2) is 0 Å². The fraction of sp³-hybridized carbons (Fsp3) is 0.462. The Hall–Kier alpha value is -1.26. The molecule has 1 aromatic rings. The van der Waals surface area contributed by atoms with Gasteiger partial charge < -0.3 is 14.9 Å². The molecule has 1 unspecified atom stereocenters. The Bertz CT molecular complexity index is 433. The second-order valence-corrected chi connectivity index (χ2v) is 4.61. The Morgan fingerprint density at radius 2 is 2.17 bits per heavy atom. The second-order valence-electron chi connectivity index (χ2n) is 4.20. The van der Waals surface area contributed by atoms with E-state index in [1.807, 2.05) is 6.92 Å². The monoisotopic (exact) mass is 272 g/mol. The Kier molecular flexibility index (Phi) is 4.99. The first-order valence-electron chi connectivity index (χ1n) is 5.71. The van der Waals surface area contributed by atoms with Gasteiger partial charge in [0.05, 0.1) is 18.6 Å². The minimum atomic E-state index is -1.39. The van der Waals surface area contributed by atoms with E-state index in [9.17, 15) is 9.90 Å². The smallest absolute Gasteiger partial charge is 0.306 e. The number of hydrogen-bond donors (Lipinski definition) is 2. The highest BCUT2D eigenvalue weighted by Crippen LogP contribution is 2.35. The van der Waals surface area contributed by atoms with E-state index in [0.29, 0.717) is 29.2 Å². The predicted molar refractivity (Wildman–Crippen MR) is 69.1 cm³/mol. The molecule has 0 spiro atoms. The molecule has 0 aliphatic rings. The molecule has 1 atom stereocenters. The van der Waals surface area contributed by atoms with Crippen LogP contribution in [0.4, 0.5) is 0 Å². The Balaban J connectivity index is 3.13. The molecule has 0 aromatic heterocycles. The first-order chi connectivity index (χ1) is 8.42. The van der Waals surface area contributed by atoms with E-state index in [0.717, 1.165) is 0 Å². The summed E-state index contributed by atoms with van der Waals surface area (Å²) in [5, 5.41) is 19.7.